The number of nitrogens with one attached hydrogen (secondary N) is 1. The van der Waals surface area contributed by atoms with Gasteiger partial charge in [0.25, 0.3) is 0 Å². The number of alkyl halides is 3. The second-order valence-corrected chi connectivity index (χ2v) is 7.62. The molecule has 7 nitrogen and oxygen atoms in total. The van der Waals surface area contributed by atoms with Crippen LogP contribution in [-0.4, -0.2) is 46.6 Å². The molecule has 1 heterocycles. The van der Waals surface area contributed by atoms with Crippen molar-refractivity contribution in [2.75, 3.05) is 19.8 Å². The van der Waals surface area contributed by atoms with Gasteiger partial charge < -0.3 is 14.2 Å². The van der Waals surface area contributed by atoms with Crippen LogP contribution in [0, 0.1) is 5.92 Å². The van der Waals surface area contributed by atoms with E-state index in [9.17, 15) is 26.4 Å². The number of hydrogen-bond donors (Lipinski definition) is 1. The van der Waals surface area contributed by atoms with Gasteiger partial charge in [-0.15, -0.1) is 13.2 Å². The number of halogens is 3. The van der Waals surface area contributed by atoms with Gasteiger partial charge in [-0.05, 0) is 49.9 Å². The molecule has 1 saturated heterocycles. The first-order valence-electron chi connectivity index (χ1n) is 8.23. The van der Waals surface area contributed by atoms with Crippen LogP contribution >= 0.6 is 0 Å². The monoisotopic (exact) mass is 411 g/mol. The zero-order chi connectivity index (χ0) is 20.1. The number of esters is 1. The average molecular weight is 411 g/mol. The molecule has 1 fully saturated rings. The van der Waals surface area contributed by atoms with Crippen molar-refractivity contribution in [2.24, 2.45) is 5.92 Å². The second kappa shape index (κ2) is 8.89. The van der Waals surface area contributed by atoms with Crippen molar-refractivity contribution in [1.82, 2.24) is 4.72 Å². The summed E-state index contributed by atoms with van der Waals surface area (Å²) in [6, 6.07) is 2.57. The lowest BCUT2D eigenvalue weighted by molar-refractivity contribution is -0.274. The Morgan fingerprint density at radius 1 is 1.33 bits per heavy atom. The minimum absolute atomic E-state index is 0.00432. The number of carbonyl (C=O) groups excluding carboxylic acids is 1. The van der Waals surface area contributed by atoms with Gasteiger partial charge in [-0.3, -0.25) is 4.79 Å². The lowest BCUT2D eigenvalue weighted by Gasteiger charge is -2.20. The summed E-state index contributed by atoms with van der Waals surface area (Å²) in [5.41, 5.74) is 0. The third-order valence-electron chi connectivity index (χ3n) is 3.83. The van der Waals surface area contributed by atoms with Gasteiger partial charge in [-0.1, -0.05) is 0 Å². The largest absolute Gasteiger partial charge is 0.573 e. The molecule has 1 aromatic carbocycles. The van der Waals surface area contributed by atoms with Gasteiger partial charge in [-0.2, -0.15) is 4.72 Å². The minimum atomic E-state index is -4.88. The van der Waals surface area contributed by atoms with Crippen LogP contribution in [0.2, 0.25) is 0 Å². The summed E-state index contributed by atoms with van der Waals surface area (Å²) >= 11 is 0. The number of ether oxygens (including phenoxy) is 3. The summed E-state index contributed by atoms with van der Waals surface area (Å²) in [7, 11) is -4.15. The van der Waals surface area contributed by atoms with Gasteiger partial charge in [-0.25, -0.2) is 8.42 Å². The highest BCUT2D eigenvalue weighted by Crippen LogP contribution is 2.25. The molecule has 0 bridgehead atoms. The molecule has 2 rings (SSSR count). The lowest BCUT2D eigenvalue weighted by atomic mass is 10.00. The molecule has 27 heavy (non-hydrogen) atoms. The van der Waals surface area contributed by atoms with Crippen LogP contribution in [0.15, 0.2) is 29.2 Å². The highest BCUT2D eigenvalue weighted by atomic mass is 32.2. The van der Waals surface area contributed by atoms with Crippen molar-refractivity contribution in [3.05, 3.63) is 24.3 Å². The Hall–Kier alpha value is -1.85. The van der Waals surface area contributed by atoms with Crippen LogP contribution in [0.25, 0.3) is 0 Å². The predicted molar refractivity (Wildman–Crippen MR) is 87.4 cm³/mol. The third-order valence-corrected chi connectivity index (χ3v) is 5.32. The molecular weight excluding hydrogens is 391 g/mol. The van der Waals surface area contributed by atoms with E-state index in [1.807, 2.05) is 0 Å². The molecule has 11 heteroatoms. The molecular formula is C16H20F3NO6S. The van der Waals surface area contributed by atoms with Crippen molar-refractivity contribution in [3.63, 3.8) is 0 Å². The summed E-state index contributed by atoms with van der Waals surface area (Å²) in [6.07, 6.45) is -3.98. The molecule has 1 aromatic rings. The number of sulfonamides is 1. The summed E-state index contributed by atoms with van der Waals surface area (Å²) < 4.78 is 77.7. The quantitative estimate of drug-likeness (QED) is 0.660. The molecule has 152 valence electrons. The van der Waals surface area contributed by atoms with E-state index in [-0.39, 0.29) is 23.8 Å². The van der Waals surface area contributed by atoms with Gasteiger partial charge in [0.05, 0.1) is 11.5 Å². The Labute approximate surface area is 154 Å². The summed E-state index contributed by atoms with van der Waals surface area (Å²) in [4.78, 5) is 11.8. The average Bonchev–Trinajstić information content (AvgIpc) is 3.06. The van der Waals surface area contributed by atoms with E-state index in [1.165, 1.54) is 0 Å². The van der Waals surface area contributed by atoms with Crippen LogP contribution < -0.4 is 9.46 Å². The zero-order valence-corrected chi connectivity index (χ0v) is 15.3. The van der Waals surface area contributed by atoms with Gasteiger partial charge in [0.1, 0.15) is 11.8 Å². The van der Waals surface area contributed by atoms with E-state index in [2.05, 4.69) is 9.46 Å². The van der Waals surface area contributed by atoms with Crippen LogP contribution in [-0.2, 0) is 24.3 Å². The number of benzene rings is 1. The van der Waals surface area contributed by atoms with Crippen molar-refractivity contribution in [1.29, 1.82) is 0 Å². The Kier molecular flexibility index (Phi) is 7.06. The first kappa shape index (κ1) is 21.5. The van der Waals surface area contributed by atoms with Crippen molar-refractivity contribution in [2.45, 2.75) is 37.1 Å². The fraction of sp³-hybridized carbons (Fsp3) is 0.562. The normalized spacial score (nSPS) is 18.9. The van der Waals surface area contributed by atoms with E-state index < -0.39 is 34.1 Å². The fourth-order valence-electron chi connectivity index (χ4n) is 2.61. The first-order valence-corrected chi connectivity index (χ1v) is 9.71. The molecule has 0 radical (unpaired) electrons. The number of hydrogen-bond acceptors (Lipinski definition) is 6. The first-order chi connectivity index (χ1) is 12.6. The lowest BCUT2D eigenvalue weighted by Crippen LogP contribution is -2.43. The maximum Gasteiger partial charge on any atom is 0.573 e. The number of carbonyl (C=O) groups is 1. The predicted octanol–water partition coefficient (Wildman–Crippen LogP) is 2.22. The molecule has 0 aromatic heterocycles. The SMILES string of the molecule is CCOC(=O)[C@@H](C[C@@H]1CCOC1)NS(=O)(=O)c1ccc(OC(F)(F)F)cc1. The van der Waals surface area contributed by atoms with Crippen molar-refractivity contribution < 1.29 is 40.6 Å². The van der Waals surface area contributed by atoms with E-state index in [0.29, 0.717) is 19.6 Å². The van der Waals surface area contributed by atoms with Crippen LogP contribution in [0.3, 0.4) is 0 Å². The molecule has 1 aliphatic rings. The Balaban J connectivity index is 2.12. The van der Waals surface area contributed by atoms with E-state index in [1.54, 1.807) is 6.92 Å². The molecule has 1 aliphatic heterocycles. The molecule has 0 spiro atoms. The van der Waals surface area contributed by atoms with Gasteiger partial charge in [0.2, 0.25) is 10.0 Å². The maximum atomic E-state index is 12.5. The Morgan fingerprint density at radius 2 is 2.00 bits per heavy atom. The minimum Gasteiger partial charge on any atom is -0.465 e. The van der Waals surface area contributed by atoms with E-state index in [4.69, 9.17) is 9.47 Å². The van der Waals surface area contributed by atoms with Crippen LogP contribution in [0.5, 0.6) is 5.75 Å². The maximum absolute atomic E-state index is 12.5. The summed E-state index contributed by atoms with van der Waals surface area (Å²) in [5.74, 6) is -1.26. The van der Waals surface area contributed by atoms with Crippen molar-refractivity contribution >= 4 is 16.0 Å². The zero-order valence-electron chi connectivity index (χ0n) is 14.5. The molecule has 0 aliphatic carbocycles. The van der Waals surface area contributed by atoms with Crippen molar-refractivity contribution in [3.8, 4) is 5.75 Å². The Bertz CT molecular complexity index is 730. The van der Waals surface area contributed by atoms with Gasteiger partial charge in [0, 0.05) is 13.2 Å². The van der Waals surface area contributed by atoms with Crippen LogP contribution in [0.4, 0.5) is 13.2 Å². The van der Waals surface area contributed by atoms with E-state index >= 15 is 0 Å². The Morgan fingerprint density at radius 3 is 2.52 bits per heavy atom. The van der Waals surface area contributed by atoms with Gasteiger partial charge >= 0.3 is 12.3 Å². The third kappa shape index (κ3) is 6.67. The smallest absolute Gasteiger partial charge is 0.465 e. The molecule has 0 saturated carbocycles. The standard InChI is InChI=1S/C16H20F3NO6S/c1-2-25-15(21)14(9-11-7-8-24-10-11)20-27(22,23)13-5-3-12(4-6-13)26-16(17,18)19/h3-6,11,14,20H,2,7-10H2,1H3/t11-,14+/m0/s1. The second-order valence-electron chi connectivity index (χ2n) is 5.91. The number of rotatable bonds is 8. The molecule has 1 N–H and O–H groups in total. The van der Waals surface area contributed by atoms with E-state index in [0.717, 1.165) is 24.3 Å². The van der Waals surface area contributed by atoms with Crippen LogP contribution in [0.1, 0.15) is 19.8 Å². The molecule has 0 amide bonds. The summed E-state index contributed by atoms with van der Waals surface area (Å²) in [6.45, 7) is 2.64. The fourth-order valence-corrected chi connectivity index (χ4v) is 3.81. The molecule has 2 atom stereocenters. The highest BCUT2D eigenvalue weighted by molar-refractivity contribution is 7.89. The highest BCUT2D eigenvalue weighted by Gasteiger charge is 2.32. The van der Waals surface area contributed by atoms with Gasteiger partial charge in [0.15, 0.2) is 0 Å². The molecule has 0 unspecified atom stereocenters. The topological polar surface area (TPSA) is 90.9 Å². The summed E-state index contributed by atoms with van der Waals surface area (Å²) in [5, 5.41) is 0.